The second-order valence-corrected chi connectivity index (χ2v) is 7.30. The van der Waals surface area contributed by atoms with Gasteiger partial charge in [-0.3, -0.25) is 4.90 Å². The van der Waals surface area contributed by atoms with Crippen molar-refractivity contribution in [3.8, 4) is 0 Å². The predicted molar refractivity (Wildman–Crippen MR) is 112 cm³/mol. The third-order valence-corrected chi connectivity index (χ3v) is 5.25. The largest absolute Gasteiger partial charge is 0.393 e. The normalized spacial score (nSPS) is 22.6. The highest BCUT2D eigenvalue weighted by molar-refractivity contribution is 4.88. The highest BCUT2D eigenvalue weighted by Gasteiger charge is 2.33. The number of ether oxygens (including phenoxy) is 4. The van der Waals surface area contributed by atoms with Crippen molar-refractivity contribution in [2.75, 3.05) is 79.5 Å². The van der Waals surface area contributed by atoms with Crippen LogP contribution < -0.4 is 5.32 Å². The molecule has 1 aliphatic carbocycles. The molecule has 1 heterocycles. The van der Waals surface area contributed by atoms with E-state index >= 15 is 0 Å². The average Bonchev–Trinajstić information content (AvgIpc) is 2.71. The predicted octanol–water partition coefficient (Wildman–Crippen LogP) is 1.53. The first kappa shape index (κ1) is 25.8. The molecule has 28 heavy (non-hydrogen) atoms. The lowest BCUT2D eigenvalue weighted by atomic mass is 9.86. The molecule has 0 atom stereocenters. The zero-order chi connectivity index (χ0) is 20.5. The molecule has 2 fully saturated rings. The number of hydrogen-bond acceptors (Lipinski definition) is 7. The smallest absolute Gasteiger partial charge is 0.0701 e. The second kappa shape index (κ2) is 17.6. The van der Waals surface area contributed by atoms with Gasteiger partial charge in [-0.2, -0.15) is 0 Å². The van der Waals surface area contributed by atoms with Gasteiger partial charge >= 0.3 is 0 Å². The van der Waals surface area contributed by atoms with Crippen LogP contribution in [0.5, 0.6) is 0 Å². The van der Waals surface area contributed by atoms with E-state index in [1.54, 1.807) is 7.11 Å². The Hall–Kier alpha value is -0.280. The molecule has 0 spiro atoms. The van der Waals surface area contributed by atoms with Gasteiger partial charge in [0, 0.05) is 26.2 Å². The van der Waals surface area contributed by atoms with Crippen molar-refractivity contribution in [3.63, 3.8) is 0 Å². The first-order valence-corrected chi connectivity index (χ1v) is 11.1. The number of nitrogens with zero attached hydrogens (tertiary/aromatic N) is 1. The van der Waals surface area contributed by atoms with Gasteiger partial charge in [-0.25, -0.2) is 0 Å². The minimum Gasteiger partial charge on any atom is -0.393 e. The minimum atomic E-state index is -0.101. The van der Waals surface area contributed by atoms with E-state index in [4.69, 9.17) is 18.9 Å². The van der Waals surface area contributed by atoms with Gasteiger partial charge < -0.3 is 29.4 Å². The van der Waals surface area contributed by atoms with Crippen LogP contribution in [0.1, 0.15) is 39.5 Å². The number of rotatable bonds is 15. The fraction of sp³-hybridized carbons (Fsp3) is 1.00. The van der Waals surface area contributed by atoms with E-state index < -0.39 is 0 Å². The Balaban J connectivity index is 0.00000190. The minimum absolute atomic E-state index is 0.101. The van der Waals surface area contributed by atoms with Crippen molar-refractivity contribution in [3.05, 3.63) is 0 Å². The first-order chi connectivity index (χ1) is 13.8. The summed E-state index contributed by atoms with van der Waals surface area (Å²) in [6, 6.07) is 0.531. The summed E-state index contributed by atoms with van der Waals surface area (Å²) in [6.45, 7) is 12.7. The Morgan fingerprint density at radius 3 is 1.93 bits per heavy atom. The van der Waals surface area contributed by atoms with Crippen molar-refractivity contribution >= 4 is 0 Å². The third kappa shape index (κ3) is 11.7. The van der Waals surface area contributed by atoms with Crippen molar-refractivity contribution in [1.29, 1.82) is 0 Å². The summed E-state index contributed by atoms with van der Waals surface area (Å²) in [4.78, 5) is 2.53. The zero-order valence-corrected chi connectivity index (χ0v) is 18.4. The van der Waals surface area contributed by atoms with Crippen LogP contribution in [0.15, 0.2) is 0 Å². The molecule has 168 valence electrons. The molecule has 2 N–H and O–H groups in total. The van der Waals surface area contributed by atoms with Gasteiger partial charge in [-0.05, 0) is 44.7 Å². The molecule has 0 aromatic rings. The molecule has 1 saturated heterocycles. The summed E-state index contributed by atoms with van der Waals surface area (Å²) in [5, 5.41) is 13.1. The van der Waals surface area contributed by atoms with Crippen LogP contribution in [0.4, 0.5) is 0 Å². The summed E-state index contributed by atoms with van der Waals surface area (Å²) >= 11 is 0. The Morgan fingerprint density at radius 1 is 0.857 bits per heavy atom. The van der Waals surface area contributed by atoms with E-state index in [1.165, 1.54) is 12.8 Å². The number of nitrogens with one attached hydrogen (secondary N) is 1. The lowest BCUT2D eigenvalue weighted by Gasteiger charge is -2.42. The molecular weight excluding hydrogens is 360 g/mol. The number of methoxy groups -OCH3 is 1. The summed E-state index contributed by atoms with van der Waals surface area (Å²) in [5.74, 6) is 0.774. The molecule has 0 bridgehead atoms. The van der Waals surface area contributed by atoms with Gasteiger partial charge in [0.1, 0.15) is 0 Å². The van der Waals surface area contributed by atoms with Crippen LogP contribution in [0.25, 0.3) is 0 Å². The number of piperidine rings is 1. The molecule has 0 amide bonds. The Bertz CT molecular complexity index is 337. The highest BCUT2D eigenvalue weighted by atomic mass is 16.6. The Labute approximate surface area is 172 Å². The summed E-state index contributed by atoms with van der Waals surface area (Å²) in [5.41, 5.74) is 0. The molecule has 0 aromatic heterocycles. The maximum absolute atomic E-state index is 9.63. The van der Waals surface area contributed by atoms with Crippen LogP contribution in [-0.4, -0.2) is 102 Å². The second-order valence-electron chi connectivity index (χ2n) is 7.30. The number of aliphatic hydroxyl groups excluding tert-OH is 1. The summed E-state index contributed by atoms with van der Waals surface area (Å²) in [7, 11) is 1.66. The quantitative estimate of drug-likeness (QED) is 0.401. The number of hydrogen-bond donors (Lipinski definition) is 2. The molecule has 0 radical (unpaired) electrons. The Kier molecular flexibility index (Phi) is 16.2. The van der Waals surface area contributed by atoms with Crippen molar-refractivity contribution in [2.45, 2.75) is 51.7 Å². The van der Waals surface area contributed by atoms with Crippen LogP contribution in [-0.2, 0) is 18.9 Å². The molecular formula is C21H44N2O5. The van der Waals surface area contributed by atoms with Crippen LogP contribution in [0, 0.1) is 5.92 Å². The van der Waals surface area contributed by atoms with E-state index in [-0.39, 0.29) is 6.10 Å². The van der Waals surface area contributed by atoms with Gasteiger partial charge in [0.15, 0.2) is 0 Å². The monoisotopic (exact) mass is 404 g/mol. The lowest BCUT2D eigenvalue weighted by molar-refractivity contribution is -0.0267. The van der Waals surface area contributed by atoms with Gasteiger partial charge in [-0.15, -0.1) is 0 Å². The highest BCUT2D eigenvalue weighted by Crippen LogP contribution is 2.27. The molecule has 1 saturated carbocycles. The maximum Gasteiger partial charge on any atom is 0.0701 e. The third-order valence-electron chi connectivity index (χ3n) is 5.25. The van der Waals surface area contributed by atoms with Gasteiger partial charge in [0.2, 0.25) is 0 Å². The van der Waals surface area contributed by atoms with E-state index in [0.717, 1.165) is 51.5 Å². The standard InChI is InChI=1S/C19H38N2O5.C2H6/c1-23-8-9-25-12-13-26-11-10-24-7-6-21(18-14-19(22)15-18)16-17-2-4-20-5-3-17;1-2/h17-20,22H,2-16H2,1H3;1-2H3. The van der Waals surface area contributed by atoms with Gasteiger partial charge in [0.05, 0.1) is 52.4 Å². The summed E-state index contributed by atoms with van der Waals surface area (Å²) < 4.78 is 21.5. The Morgan fingerprint density at radius 2 is 1.39 bits per heavy atom. The van der Waals surface area contributed by atoms with E-state index in [9.17, 15) is 5.11 Å². The zero-order valence-electron chi connectivity index (χ0n) is 18.4. The van der Waals surface area contributed by atoms with Gasteiger partial charge in [-0.1, -0.05) is 13.8 Å². The van der Waals surface area contributed by atoms with E-state index in [2.05, 4.69) is 10.2 Å². The van der Waals surface area contributed by atoms with Gasteiger partial charge in [0.25, 0.3) is 0 Å². The van der Waals surface area contributed by atoms with Crippen LogP contribution in [0.3, 0.4) is 0 Å². The fourth-order valence-electron chi connectivity index (χ4n) is 3.54. The molecule has 7 nitrogen and oxygen atoms in total. The SMILES string of the molecule is CC.COCCOCCOCCOCCN(CC1CCNCC1)C1CC(O)C1. The van der Waals surface area contributed by atoms with Crippen LogP contribution >= 0.6 is 0 Å². The summed E-state index contributed by atoms with van der Waals surface area (Å²) in [6.07, 6.45) is 4.24. The van der Waals surface area contributed by atoms with Crippen molar-refractivity contribution < 1.29 is 24.1 Å². The fourth-order valence-corrected chi connectivity index (χ4v) is 3.54. The maximum atomic E-state index is 9.63. The molecule has 0 unspecified atom stereocenters. The lowest BCUT2D eigenvalue weighted by Crippen LogP contribution is -2.50. The van der Waals surface area contributed by atoms with Crippen molar-refractivity contribution in [2.24, 2.45) is 5.92 Å². The molecule has 2 aliphatic rings. The van der Waals surface area contributed by atoms with E-state index in [1.807, 2.05) is 13.8 Å². The molecule has 0 aromatic carbocycles. The topological polar surface area (TPSA) is 72.4 Å². The van der Waals surface area contributed by atoms with Crippen LogP contribution in [0.2, 0.25) is 0 Å². The number of aliphatic hydroxyl groups is 1. The average molecular weight is 405 g/mol. The molecule has 2 rings (SSSR count). The van der Waals surface area contributed by atoms with Crippen molar-refractivity contribution in [1.82, 2.24) is 10.2 Å². The molecule has 1 aliphatic heterocycles. The molecule has 7 heteroatoms. The first-order valence-electron chi connectivity index (χ1n) is 11.1. The van der Waals surface area contributed by atoms with E-state index in [0.29, 0.717) is 45.7 Å².